The van der Waals surface area contributed by atoms with Gasteiger partial charge in [-0.25, -0.2) is 0 Å². The molecule has 1 unspecified atom stereocenters. The zero-order valence-electron chi connectivity index (χ0n) is 12.0. The molecule has 2 rings (SSSR count). The molecule has 0 heterocycles. The van der Waals surface area contributed by atoms with Crippen LogP contribution in [0.1, 0.15) is 17.2 Å². The van der Waals surface area contributed by atoms with Gasteiger partial charge in [-0.05, 0) is 30.2 Å². The number of aryl methyl sites for hydroxylation is 1. The summed E-state index contributed by atoms with van der Waals surface area (Å²) in [5, 5.41) is 10.3. The minimum absolute atomic E-state index is 0.150. The summed E-state index contributed by atoms with van der Waals surface area (Å²) >= 11 is 0. The summed E-state index contributed by atoms with van der Waals surface area (Å²) in [4.78, 5) is 2.08. The molecule has 0 aliphatic rings. The molecule has 3 heteroatoms. The maximum Gasteiger partial charge on any atom is 0.0907 e. The lowest BCUT2D eigenvalue weighted by molar-refractivity contribution is 0.150. The second-order valence-corrected chi connectivity index (χ2v) is 5.11. The predicted molar refractivity (Wildman–Crippen MR) is 83.8 cm³/mol. The number of aliphatic hydroxyl groups excluding tert-OH is 1. The van der Waals surface area contributed by atoms with Crippen molar-refractivity contribution in [2.75, 3.05) is 18.5 Å². The lowest BCUT2D eigenvalue weighted by Gasteiger charge is -2.33. The number of benzene rings is 2. The molecule has 3 N–H and O–H groups in total. The Labute approximate surface area is 120 Å². The first kappa shape index (κ1) is 14.6. The average molecular weight is 270 g/mol. The molecule has 106 valence electrons. The largest absolute Gasteiger partial charge is 0.389 e. The van der Waals surface area contributed by atoms with Crippen LogP contribution in [0.5, 0.6) is 0 Å². The average Bonchev–Trinajstić information content (AvgIpc) is 2.48. The molecule has 0 aliphatic carbocycles. The molecular formula is C17H22N2O. The second-order valence-electron chi connectivity index (χ2n) is 5.11. The van der Waals surface area contributed by atoms with E-state index in [2.05, 4.69) is 24.0 Å². The highest BCUT2D eigenvalue weighted by atomic mass is 16.3. The van der Waals surface area contributed by atoms with E-state index in [0.717, 1.165) is 11.3 Å². The third-order valence-corrected chi connectivity index (χ3v) is 3.57. The van der Waals surface area contributed by atoms with Crippen molar-refractivity contribution in [2.24, 2.45) is 5.73 Å². The van der Waals surface area contributed by atoms with E-state index in [1.807, 2.05) is 49.5 Å². The summed E-state index contributed by atoms with van der Waals surface area (Å²) in [6, 6.07) is 18.1. The van der Waals surface area contributed by atoms with Crippen LogP contribution in [0, 0.1) is 6.92 Å². The number of anilines is 1. The van der Waals surface area contributed by atoms with Gasteiger partial charge in [-0.15, -0.1) is 0 Å². The van der Waals surface area contributed by atoms with Crippen LogP contribution in [-0.4, -0.2) is 24.8 Å². The van der Waals surface area contributed by atoms with Crippen LogP contribution in [0.3, 0.4) is 0 Å². The fourth-order valence-corrected chi connectivity index (χ4v) is 2.49. The third kappa shape index (κ3) is 3.18. The van der Waals surface area contributed by atoms with Gasteiger partial charge >= 0.3 is 0 Å². The summed E-state index contributed by atoms with van der Waals surface area (Å²) in [5.41, 5.74) is 9.02. The molecule has 0 amide bonds. The summed E-state index contributed by atoms with van der Waals surface area (Å²) in [6.45, 7) is 2.30. The molecule has 2 aromatic carbocycles. The molecule has 0 spiro atoms. The molecule has 0 bridgehead atoms. The Morgan fingerprint density at radius 2 is 1.80 bits per heavy atom. The summed E-state index contributed by atoms with van der Waals surface area (Å²) in [6.07, 6.45) is -0.608. The van der Waals surface area contributed by atoms with Gasteiger partial charge in [0.15, 0.2) is 0 Å². The van der Waals surface area contributed by atoms with Gasteiger partial charge < -0.3 is 15.7 Å². The minimum atomic E-state index is -0.608. The van der Waals surface area contributed by atoms with E-state index >= 15 is 0 Å². The van der Waals surface area contributed by atoms with Crippen LogP contribution in [0.2, 0.25) is 0 Å². The van der Waals surface area contributed by atoms with Crippen LogP contribution in [0.4, 0.5) is 5.69 Å². The lowest BCUT2D eigenvalue weighted by atomic mass is 9.99. The molecule has 0 saturated heterocycles. The normalized spacial score (nSPS) is 13.8. The first-order valence-electron chi connectivity index (χ1n) is 6.86. The molecule has 2 aromatic rings. The molecular weight excluding hydrogens is 248 g/mol. The van der Waals surface area contributed by atoms with Crippen LogP contribution < -0.4 is 10.6 Å². The Hall–Kier alpha value is -1.84. The topological polar surface area (TPSA) is 49.5 Å². The number of aliphatic hydroxyl groups is 1. The number of hydrogen-bond donors (Lipinski definition) is 2. The highest BCUT2D eigenvalue weighted by Gasteiger charge is 2.24. The highest BCUT2D eigenvalue weighted by Crippen LogP contribution is 2.28. The quantitative estimate of drug-likeness (QED) is 0.877. The molecule has 0 saturated carbocycles. The fourth-order valence-electron chi connectivity index (χ4n) is 2.49. The molecule has 0 fully saturated rings. The Kier molecular flexibility index (Phi) is 4.77. The maximum atomic E-state index is 10.3. The molecule has 3 nitrogen and oxygen atoms in total. The van der Waals surface area contributed by atoms with Gasteiger partial charge in [-0.2, -0.15) is 0 Å². The number of hydrogen-bond acceptors (Lipinski definition) is 3. The Morgan fingerprint density at radius 3 is 2.40 bits per heavy atom. The minimum Gasteiger partial charge on any atom is -0.389 e. The van der Waals surface area contributed by atoms with Crippen molar-refractivity contribution >= 4 is 5.69 Å². The SMILES string of the molecule is Cc1cccc(N(C)C(c2ccccc2)[C@H](O)CN)c1. The van der Waals surface area contributed by atoms with Gasteiger partial charge in [0.05, 0.1) is 12.1 Å². The molecule has 0 aliphatic heterocycles. The number of likely N-dealkylation sites (N-methyl/N-ethyl adjacent to an activating group) is 1. The van der Waals surface area contributed by atoms with Crippen LogP contribution in [0.15, 0.2) is 54.6 Å². The Bertz CT molecular complexity index is 542. The third-order valence-electron chi connectivity index (χ3n) is 3.57. The van der Waals surface area contributed by atoms with E-state index in [0.29, 0.717) is 0 Å². The van der Waals surface area contributed by atoms with E-state index < -0.39 is 6.10 Å². The number of rotatable bonds is 5. The Morgan fingerprint density at radius 1 is 1.10 bits per heavy atom. The number of nitrogens with two attached hydrogens (primary N) is 1. The van der Waals surface area contributed by atoms with Gasteiger partial charge in [-0.3, -0.25) is 0 Å². The first-order chi connectivity index (χ1) is 9.63. The summed E-state index contributed by atoms with van der Waals surface area (Å²) in [7, 11) is 1.99. The van der Waals surface area contributed by atoms with Crippen molar-refractivity contribution in [1.82, 2.24) is 0 Å². The molecule has 0 radical (unpaired) electrons. The van der Waals surface area contributed by atoms with Crippen LogP contribution in [0.25, 0.3) is 0 Å². The zero-order valence-corrected chi connectivity index (χ0v) is 12.0. The van der Waals surface area contributed by atoms with E-state index in [-0.39, 0.29) is 12.6 Å². The zero-order chi connectivity index (χ0) is 14.5. The van der Waals surface area contributed by atoms with E-state index in [9.17, 15) is 5.11 Å². The maximum absolute atomic E-state index is 10.3. The van der Waals surface area contributed by atoms with Crippen LogP contribution in [-0.2, 0) is 0 Å². The van der Waals surface area contributed by atoms with Gasteiger partial charge in [0.2, 0.25) is 0 Å². The van der Waals surface area contributed by atoms with Crippen LogP contribution >= 0.6 is 0 Å². The van der Waals surface area contributed by atoms with Gasteiger partial charge in [0.1, 0.15) is 0 Å². The lowest BCUT2D eigenvalue weighted by Crippen LogP contribution is -2.38. The molecule has 2 atom stereocenters. The van der Waals surface area contributed by atoms with Crippen molar-refractivity contribution in [3.63, 3.8) is 0 Å². The van der Waals surface area contributed by atoms with E-state index in [1.165, 1.54) is 5.56 Å². The highest BCUT2D eigenvalue weighted by molar-refractivity contribution is 5.50. The smallest absolute Gasteiger partial charge is 0.0907 e. The summed E-state index contributed by atoms with van der Waals surface area (Å²) < 4.78 is 0. The van der Waals surface area contributed by atoms with Crippen molar-refractivity contribution < 1.29 is 5.11 Å². The predicted octanol–water partition coefficient (Wildman–Crippen LogP) is 2.49. The van der Waals surface area contributed by atoms with Crippen molar-refractivity contribution in [3.8, 4) is 0 Å². The van der Waals surface area contributed by atoms with E-state index in [4.69, 9.17) is 5.73 Å². The van der Waals surface area contributed by atoms with Crippen molar-refractivity contribution in [1.29, 1.82) is 0 Å². The molecule has 20 heavy (non-hydrogen) atoms. The standard InChI is InChI=1S/C17H22N2O/c1-13-7-6-10-15(11-13)19(2)17(16(20)12-18)14-8-4-3-5-9-14/h3-11,16-17,20H,12,18H2,1-2H3/t16-,17?/m1/s1. The Balaban J connectivity index is 2.36. The van der Waals surface area contributed by atoms with Crippen molar-refractivity contribution in [2.45, 2.75) is 19.1 Å². The summed E-state index contributed by atoms with van der Waals surface area (Å²) in [5.74, 6) is 0. The van der Waals surface area contributed by atoms with E-state index in [1.54, 1.807) is 0 Å². The van der Waals surface area contributed by atoms with Gasteiger partial charge in [0.25, 0.3) is 0 Å². The van der Waals surface area contributed by atoms with Gasteiger partial charge in [-0.1, -0.05) is 42.5 Å². The van der Waals surface area contributed by atoms with Crippen molar-refractivity contribution in [3.05, 3.63) is 65.7 Å². The monoisotopic (exact) mass is 270 g/mol. The first-order valence-corrected chi connectivity index (χ1v) is 6.86. The molecule has 0 aromatic heterocycles. The van der Waals surface area contributed by atoms with Gasteiger partial charge in [0, 0.05) is 19.3 Å². The fraction of sp³-hybridized carbons (Fsp3) is 0.294. The second kappa shape index (κ2) is 6.55. The number of nitrogens with zero attached hydrogens (tertiary/aromatic N) is 1.